The molecular formula is C43H38F6N2O8S. The van der Waals surface area contributed by atoms with Crippen LogP contribution in [-0.4, -0.2) is 71.0 Å². The minimum Gasteiger partial charge on any atom is -0.406 e. The van der Waals surface area contributed by atoms with Crippen LogP contribution in [0.4, 0.5) is 26.3 Å². The number of hydrogen-bond acceptors (Lipinski definition) is 8. The van der Waals surface area contributed by atoms with E-state index in [1.807, 2.05) is 49.4 Å². The fourth-order valence-corrected chi connectivity index (χ4v) is 7.67. The van der Waals surface area contributed by atoms with Gasteiger partial charge in [-0.15, -0.1) is 26.3 Å². The van der Waals surface area contributed by atoms with Crippen molar-refractivity contribution in [3.05, 3.63) is 163 Å². The lowest BCUT2D eigenvalue weighted by Gasteiger charge is -2.26. The SMILES string of the molecule is Cc1ccc(S(=O)(=O)OC[C@@H](O)[C@H](c2cccc(OC(F)(F)F)c2)n2ccc3ccccc32)cc1.OC[C@@H](O)[C@H](c1cccc(OC(F)(F)F)c1)n1ccc2ccccc21. The molecule has 0 spiro atoms. The zero-order valence-electron chi connectivity index (χ0n) is 31.5. The maximum Gasteiger partial charge on any atom is 0.573 e. The van der Waals surface area contributed by atoms with E-state index in [4.69, 9.17) is 4.18 Å². The zero-order valence-corrected chi connectivity index (χ0v) is 32.3. The smallest absolute Gasteiger partial charge is 0.406 e. The van der Waals surface area contributed by atoms with Crippen molar-refractivity contribution >= 4 is 31.9 Å². The van der Waals surface area contributed by atoms with Crippen molar-refractivity contribution in [1.29, 1.82) is 0 Å². The van der Waals surface area contributed by atoms with Crippen LogP contribution in [0.15, 0.2) is 151 Å². The second kappa shape index (κ2) is 18.2. The van der Waals surface area contributed by atoms with Crippen LogP contribution in [0.25, 0.3) is 21.8 Å². The fourth-order valence-electron chi connectivity index (χ4n) is 6.74. The van der Waals surface area contributed by atoms with E-state index in [9.17, 15) is 50.1 Å². The minimum absolute atomic E-state index is 0.0705. The number of halogens is 6. The van der Waals surface area contributed by atoms with Crippen molar-refractivity contribution in [2.45, 2.75) is 48.8 Å². The van der Waals surface area contributed by atoms with Crippen LogP contribution in [0.2, 0.25) is 0 Å². The molecule has 17 heteroatoms. The number of benzene rings is 5. The van der Waals surface area contributed by atoms with Crippen LogP contribution < -0.4 is 9.47 Å². The highest BCUT2D eigenvalue weighted by molar-refractivity contribution is 7.86. The Morgan fingerprint density at radius 1 is 0.600 bits per heavy atom. The quantitative estimate of drug-likeness (QED) is 0.0776. The number of nitrogens with zero attached hydrogens (tertiary/aromatic N) is 2. The molecule has 4 atom stereocenters. The van der Waals surface area contributed by atoms with E-state index in [0.29, 0.717) is 11.1 Å². The third kappa shape index (κ3) is 10.8. The molecule has 0 amide bonds. The fraction of sp³-hybridized carbons (Fsp3) is 0.209. The summed E-state index contributed by atoms with van der Waals surface area (Å²) >= 11 is 0. The predicted octanol–water partition coefficient (Wildman–Crippen LogP) is 8.69. The first-order valence-corrected chi connectivity index (χ1v) is 19.6. The maximum atomic E-state index is 12.8. The Morgan fingerprint density at radius 2 is 1.05 bits per heavy atom. The average molecular weight is 857 g/mol. The van der Waals surface area contributed by atoms with E-state index in [1.165, 1.54) is 42.5 Å². The summed E-state index contributed by atoms with van der Waals surface area (Å²) < 4.78 is 118. The number of hydrogen-bond donors (Lipinski definition) is 3. The van der Waals surface area contributed by atoms with Crippen molar-refractivity contribution in [2.24, 2.45) is 0 Å². The summed E-state index contributed by atoms with van der Waals surface area (Å²) in [6, 6.07) is 33.2. The Balaban J connectivity index is 0.000000213. The number of fused-ring (bicyclic) bond motifs is 2. The third-order valence-corrected chi connectivity index (χ3v) is 10.6. The van der Waals surface area contributed by atoms with Gasteiger partial charge in [0.2, 0.25) is 0 Å². The molecule has 0 unspecified atom stereocenters. The Labute approximate surface area is 340 Å². The van der Waals surface area contributed by atoms with Gasteiger partial charge in [-0.1, -0.05) is 78.4 Å². The lowest BCUT2D eigenvalue weighted by molar-refractivity contribution is -0.275. The highest BCUT2D eigenvalue weighted by atomic mass is 32.2. The number of aliphatic hydroxyl groups is 3. The normalized spacial score (nSPS) is 14.2. The summed E-state index contributed by atoms with van der Waals surface area (Å²) in [4.78, 5) is -0.0705. The van der Waals surface area contributed by atoms with Crippen LogP contribution >= 0.6 is 0 Å². The number of alkyl halides is 6. The Bertz CT molecular complexity index is 2630. The average Bonchev–Trinajstić information content (AvgIpc) is 3.82. The number of aromatic nitrogens is 2. The van der Waals surface area contributed by atoms with Gasteiger partial charge < -0.3 is 33.9 Å². The first-order chi connectivity index (χ1) is 28.4. The minimum atomic E-state index is -4.89. The van der Waals surface area contributed by atoms with Gasteiger partial charge in [0.15, 0.2) is 0 Å². The van der Waals surface area contributed by atoms with Crippen molar-refractivity contribution < 1.29 is 63.7 Å². The molecule has 316 valence electrons. The molecule has 0 aliphatic rings. The second-order valence-electron chi connectivity index (χ2n) is 13.6. The number of aliphatic hydroxyl groups excluding tert-OH is 3. The van der Waals surface area contributed by atoms with E-state index in [0.717, 1.165) is 34.0 Å². The van der Waals surface area contributed by atoms with E-state index < -0.39 is 66.1 Å². The van der Waals surface area contributed by atoms with Crippen molar-refractivity contribution in [1.82, 2.24) is 9.13 Å². The van der Waals surface area contributed by atoms with Crippen molar-refractivity contribution in [2.75, 3.05) is 13.2 Å². The molecule has 0 saturated heterocycles. The Morgan fingerprint density at radius 3 is 1.50 bits per heavy atom. The zero-order chi connectivity index (χ0) is 43.2. The molecule has 0 aliphatic heterocycles. The largest absolute Gasteiger partial charge is 0.573 e. The van der Waals surface area contributed by atoms with E-state index in [2.05, 4.69) is 9.47 Å². The Hall–Kier alpha value is -5.85. The van der Waals surface area contributed by atoms with E-state index in [1.54, 1.807) is 57.9 Å². The Kier molecular flexibility index (Phi) is 13.3. The monoisotopic (exact) mass is 856 g/mol. The molecular weight excluding hydrogens is 819 g/mol. The van der Waals surface area contributed by atoms with Gasteiger partial charge >= 0.3 is 12.7 Å². The molecule has 10 nitrogen and oxygen atoms in total. The highest BCUT2D eigenvalue weighted by Crippen LogP contribution is 2.34. The van der Waals surface area contributed by atoms with Crippen molar-refractivity contribution in [3.63, 3.8) is 0 Å². The van der Waals surface area contributed by atoms with Crippen LogP contribution in [0, 0.1) is 6.92 Å². The molecule has 0 radical (unpaired) electrons. The first-order valence-electron chi connectivity index (χ1n) is 18.2. The lowest BCUT2D eigenvalue weighted by Crippen LogP contribution is -2.30. The van der Waals surface area contributed by atoms with E-state index >= 15 is 0 Å². The molecule has 0 fully saturated rings. The predicted molar refractivity (Wildman–Crippen MR) is 210 cm³/mol. The topological polar surface area (TPSA) is 132 Å². The highest BCUT2D eigenvalue weighted by Gasteiger charge is 2.34. The van der Waals surface area contributed by atoms with Gasteiger partial charge in [-0.05, 0) is 89.5 Å². The summed E-state index contributed by atoms with van der Waals surface area (Å²) in [5.74, 6) is -0.839. The molecule has 0 saturated carbocycles. The van der Waals surface area contributed by atoms with Crippen LogP contribution in [0.3, 0.4) is 0 Å². The molecule has 7 aromatic rings. The number of rotatable bonds is 13. The summed E-state index contributed by atoms with van der Waals surface area (Å²) in [5.41, 5.74) is 3.02. The van der Waals surface area contributed by atoms with Gasteiger partial charge in [-0.25, -0.2) is 0 Å². The van der Waals surface area contributed by atoms with Crippen molar-refractivity contribution in [3.8, 4) is 11.5 Å². The van der Waals surface area contributed by atoms with Gasteiger partial charge in [-0.2, -0.15) is 8.42 Å². The van der Waals surface area contributed by atoms with Gasteiger partial charge in [0, 0.05) is 23.4 Å². The summed E-state index contributed by atoms with van der Waals surface area (Å²) in [6.45, 7) is 0.642. The molecule has 3 N–H and O–H groups in total. The summed E-state index contributed by atoms with van der Waals surface area (Å²) in [6.07, 6.45) is -8.93. The molecule has 0 bridgehead atoms. The molecule has 5 aromatic carbocycles. The molecule has 7 rings (SSSR count). The van der Waals surface area contributed by atoms with Gasteiger partial charge in [0.1, 0.15) is 23.7 Å². The number of para-hydroxylation sites is 2. The van der Waals surface area contributed by atoms with Crippen LogP contribution in [-0.2, 0) is 14.3 Å². The second-order valence-corrected chi connectivity index (χ2v) is 15.2. The van der Waals surface area contributed by atoms with Gasteiger partial charge in [0.25, 0.3) is 10.1 Å². The summed E-state index contributed by atoms with van der Waals surface area (Å²) in [5, 5.41) is 32.6. The van der Waals surface area contributed by atoms with Gasteiger partial charge in [0.05, 0.1) is 30.2 Å². The molecule has 60 heavy (non-hydrogen) atoms. The maximum absolute atomic E-state index is 12.8. The summed E-state index contributed by atoms with van der Waals surface area (Å²) in [7, 11) is -4.17. The van der Waals surface area contributed by atoms with E-state index in [-0.39, 0.29) is 16.2 Å². The third-order valence-electron chi connectivity index (χ3n) is 9.34. The first kappa shape index (κ1) is 43.7. The standard InChI is InChI=1S/C25H22F3NO5S.C18H16F3NO3/c1-17-9-11-21(12-10-17)35(31,32)33-16-23(30)24(29-14-13-18-5-2-3-8-22(18)29)19-6-4-7-20(15-19)34-25(26,27)28;19-18(20,21)25-14-6-3-5-13(10-14)17(16(24)11-23)22-9-8-12-4-1-2-7-15(12)22/h2-15,23-24,30H,16H2,1H3;1-10,16-17,23-24H,11H2/t23-,24+;16-,17+/m11/s1. The molecule has 0 aliphatic carbocycles. The van der Waals surface area contributed by atoms with Crippen LogP contribution in [0.1, 0.15) is 28.8 Å². The molecule has 2 aromatic heterocycles. The number of aryl methyl sites for hydroxylation is 1. The van der Waals surface area contributed by atoms with Gasteiger partial charge in [-0.3, -0.25) is 4.18 Å². The lowest BCUT2D eigenvalue weighted by atomic mass is 10.0. The van der Waals surface area contributed by atoms with Crippen LogP contribution in [0.5, 0.6) is 11.5 Å². The number of ether oxygens (including phenoxy) is 2. The molecule has 2 heterocycles.